The monoisotopic (exact) mass is 204 g/mol. The number of rotatable bonds is 1. The summed E-state index contributed by atoms with van der Waals surface area (Å²) in [6.07, 6.45) is 8.87. The Morgan fingerprint density at radius 3 is 2.71 bits per heavy atom. The van der Waals surface area contributed by atoms with Gasteiger partial charge in [-0.15, -0.1) is 0 Å². The maximum Gasteiger partial charge on any atom is 0.0486 e. The van der Waals surface area contributed by atoms with Crippen molar-refractivity contribution in [2.45, 2.75) is 19.8 Å². The molecule has 1 aliphatic rings. The first-order valence-corrected chi connectivity index (χ1v) is 5.28. The lowest BCUT2D eigenvalue weighted by molar-refractivity contribution is 1.04. The normalized spacial score (nSPS) is 15.4. The molecule has 0 spiro atoms. The molecule has 0 amide bonds. The summed E-state index contributed by atoms with van der Waals surface area (Å²) in [4.78, 5) is 0. The van der Waals surface area contributed by atoms with Crippen LogP contribution in [0.4, 0.5) is 0 Å². The molecule has 0 radical (unpaired) electrons. The number of hydrogen-bond acceptors (Lipinski definition) is 0. The van der Waals surface area contributed by atoms with E-state index in [2.05, 4.69) is 37.3 Å². The standard InChI is InChI=1S/C13H13Cl/c1-10-7-8-12(13(14)9-10)11-5-3-2-4-6-11/h3,5-9H,2,4H2,1H3. The summed E-state index contributed by atoms with van der Waals surface area (Å²) >= 11 is 6.19. The Kier molecular flexibility index (Phi) is 2.74. The zero-order chi connectivity index (χ0) is 9.97. The van der Waals surface area contributed by atoms with Crippen LogP contribution in [-0.4, -0.2) is 0 Å². The summed E-state index contributed by atoms with van der Waals surface area (Å²) in [6, 6.07) is 6.21. The molecule has 0 saturated carbocycles. The Morgan fingerprint density at radius 2 is 2.07 bits per heavy atom. The van der Waals surface area contributed by atoms with E-state index >= 15 is 0 Å². The number of benzene rings is 1. The fourth-order valence-electron chi connectivity index (χ4n) is 1.67. The van der Waals surface area contributed by atoms with E-state index in [0.29, 0.717) is 0 Å². The molecule has 2 rings (SSSR count). The predicted octanol–water partition coefficient (Wildman–Crippen LogP) is 4.38. The molecule has 0 nitrogen and oxygen atoms in total. The molecule has 0 aromatic heterocycles. The fraction of sp³-hybridized carbons (Fsp3) is 0.231. The van der Waals surface area contributed by atoms with Gasteiger partial charge < -0.3 is 0 Å². The topological polar surface area (TPSA) is 0 Å². The van der Waals surface area contributed by atoms with E-state index in [-0.39, 0.29) is 0 Å². The van der Waals surface area contributed by atoms with Crippen molar-refractivity contribution in [2.75, 3.05) is 0 Å². The second-order valence-electron chi connectivity index (χ2n) is 3.62. The summed E-state index contributed by atoms with van der Waals surface area (Å²) in [6.45, 7) is 2.06. The highest BCUT2D eigenvalue weighted by Gasteiger charge is 2.05. The molecule has 1 heteroatoms. The molecule has 0 unspecified atom stereocenters. The maximum absolute atomic E-state index is 6.19. The smallest absolute Gasteiger partial charge is 0.0486 e. The molecule has 0 bridgehead atoms. The highest BCUT2D eigenvalue weighted by atomic mass is 35.5. The van der Waals surface area contributed by atoms with E-state index < -0.39 is 0 Å². The molecule has 1 aromatic rings. The van der Waals surface area contributed by atoms with E-state index in [1.54, 1.807) is 0 Å². The number of halogens is 1. The van der Waals surface area contributed by atoms with Gasteiger partial charge in [0.15, 0.2) is 0 Å². The summed E-state index contributed by atoms with van der Waals surface area (Å²) < 4.78 is 0. The van der Waals surface area contributed by atoms with Gasteiger partial charge in [0.25, 0.3) is 0 Å². The van der Waals surface area contributed by atoms with Crippen LogP contribution in [0.2, 0.25) is 5.02 Å². The second kappa shape index (κ2) is 4.02. The summed E-state index contributed by atoms with van der Waals surface area (Å²) in [7, 11) is 0. The lowest BCUT2D eigenvalue weighted by Crippen LogP contribution is -1.87. The maximum atomic E-state index is 6.19. The predicted molar refractivity (Wildman–Crippen MR) is 62.5 cm³/mol. The zero-order valence-corrected chi connectivity index (χ0v) is 9.01. The van der Waals surface area contributed by atoms with Gasteiger partial charge in [0, 0.05) is 5.02 Å². The van der Waals surface area contributed by atoms with Gasteiger partial charge in [-0.25, -0.2) is 0 Å². The summed E-state index contributed by atoms with van der Waals surface area (Å²) in [5, 5.41) is 0.850. The second-order valence-corrected chi connectivity index (χ2v) is 4.03. The first-order chi connectivity index (χ1) is 6.77. The first-order valence-electron chi connectivity index (χ1n) is 4.90. The zero-order valence-electron chi connectivity index (χ0n) is 8.26. The third kappa shape index (κ3) is 1.91. The van der Waals surface area contributed by atoms with E-state index in [1.165, 1.54) is 11.1 Å². The van der Waals surface area contributed by atoms with Crippen LogP contribution in [0.3, 0.4) is 0 Å². The van der Waals surface area contributed by atoms with Crippen LogP contribution in [0, 0.1) is 6.92 Å². The molecule has 0 saturated heterocycles. The molecule has 0 N–H and O–H groups in total. The van der Waals surface area contributed by atoms with Gasteiger partial charge in [-0.1, -0.05) is 42.0 Å². The molecule has 0 heterocycles. The van der Waals surface area contributed by atoms with Gasteiger partial charge in [0.2, 0.25) is 0 Å². The molecule has 0 fully saturated rings. The quantitative estimate of drug-likeness (QED) is 0.637. The third-order valence-corrected chi connectivity index (χ3v) is 2.74. The number of hydrogen-bond donors (Lipinski definition) is 0. The molecule has 1 aliphatic carbocycles. The van der Waals surface area contributed by atoms with E-state index in [0.717, 1.165) is 23.4 Å². The fourth-order valence-corrected chi connectivity index (χ4v) is 2.01. The van der Waals surface area contributed by atoms with Gasteiger partial charge in [-0.3, -0.25) is 0 Å². The van der Waals surface area contributed by atoms with Crippen LogP contribution in [0.25, 0.3) is 5.57 Å². The van der Waals surface area contributed by atoms with Crippen molar-refractivity contribution in [1.29, 1.82) is 0 Å². The summed E-state index contributed by atoms with van der Waals surface area (Å²) in [5.74, 6) is 0. The third-order valence-electron chi connectivity index (χ3n) is 2.43. The van der Waals surface area contributed by atoms with Crippen LogP contribution >= 0.6 is 11.6 Å². The first kappa shape index (κ1) is 9.54. The van der Waals surface area contributed by atoms with Crippen LogP contribution in [-0.2, 0) is 0 Å². The molecule has 0 atom stereocenters. The Balaban J connectivity index is 2.41. The van der Waals surface area contributed by atoms with Crippen molar-refractivity contribution in [3.8, 4) is 0 Å². The Morgan fingerprint density at radius 1 is 1.21 bits per heavy atom. The van der Waals surface area contributed by atoms with Crippen LogP contribution in [0.1, 0.15) is 24.0 Å². The van der Waals surface area contributed by atoms with Crippen molar-refractivity contribution >= 4 is 17.2 Å². The lowest BCUT2D eigenvalue weighted by atomic mass is 9.99. The van der Waals surface area contributed by atoms with Gasteiger partial charge >= 0.3 is 0 Å². The van der Waals surface area contributed by atoms with Crippen molar-refractivity contribution in [3.05, 3.63) is 52.6 Å². The van der Waals surface area contributed by atoms with Crippen LogP contribution in [0.5, 0.6) is 0 Å². The number of allylic oxidation sites excluding steroid dienone is 4. The molecular weight excluding hydrogens is 192 g/mol. The molecular formula is C13H13Cl. The van der Waals surface area contributed by atoms with E-state index in [4.69, 9.17) is 11.6 Å². The average molecular weight is 205 g/mol. The highest BCUT2D eigenvalue weighted by molar-refractivity contribution is 6.32. The lowest BCUT2D eigenvalue weighted by Gasteiger charge is -2.09. The molecule has 14 heavy (non-hydrogen) atoms. The minimum Gasteiger partial charge on any atom is -0.0837 e. The van der Waals surface area contributed by atoms with Gasteiger partial charge in [-0.05, 0) is 42.5 Å². The van der Waals surface area contributed by atoms with Crippen molar-refractivity contribution in [2.24, 2.45) is 0 Å². The largest absolute Gasteiger partial charge is 0.0837 e. The SMILES string of the molecule is Cc1ccc(C2=CCCC=C2)c(Cl)c1. The number of aryl methyl sites for hydroxylation is 1. The molecule has 72 valence electrons. The van der Waals surface area contributed by atoms with E-state index in [1.807, 2.05) is 6.07 Å². The van der Waals surface area contributed by atoms with Crippen molar-refractivity contribution in [1.82, 2.24) is 0 Å². The van der Waals surface area contributed by atoms with Crippen molar-refractivity contribution < 1.29 is 0 Å². The average Bonchev–Trinajstić information content (AvgIpc) is 2.19. The van der Waals surface area contributed by atoms with Crippen molar-refractivity contribution in [3.63, 3.8) is 0 Å². The Hall–Kier alpha value is -1.01. The Bertz CT molecular complexity index is 400. The van der Waals surface area contributed by atoms with Crippen LogP contribution < -0.4 is 0 Å². The minimum atomic E-state index is 0.850. The van der Waals surface area contributed by atoms with Gasteiger partial charge in [0.05, 0.1) is 0 Å². The van der Waals surface area contributed by atoms with E-state index in [9.17, 15) is 0 Å². The highest BCUT2D eigenvalue weighted by Crippen LogP contribution is 2.28. The minimum absolute atomic E-state index is 0.850. The van der Waals surface area contributed by atoms with Gasteiger partial charge in [-0.2, -0.15) is 0 Å². The molecule has 1 aromatic carbocycles. The molecule has 0 aliphatic heterocycles. The Labute approximate surface area is 89.9 Å². The van der Waals surface area contributed by atoms with Crippen LogP contribution in [0.15, 0.2) is 36.4 Å². The van der Waals surface area contributed by atoms with Gasteiger partial charge in [0.1, 0.15) is 0 Å². The summed E-state index contributed by atoms with van der Waals surface area (Å²) in [5.41, 5.74) is 3.61.